The van der Waals surface area contributed by atoms with Gasteiger partial charge < -0.3 is 45.1 Å². The van der Waals surface area contributed by atoms with Crippen LogP contribution in [0.1, 0.15) is 252 Å². The molecule has 0 aromatic carbocycles. The molecule has 74 heavy (non-hydrogen) atoms. The van der Waals surface area contributed by atoms with Gasteiger partial charge in [0, 0.05) is 6.42 Å². The zero-order chi connectivity index (χ0) is 54.0. The first-order chi connectivity index (χ1) is 36.2. The number of ether oxygens (including phenoxy) is 3. The fourth-order valence-electron chi connectivity index (χ4n) is 9.09. The summed E-state index contributed by atoms with van der Waals surface area (Å²) < 4.78 is 17.6. The van der Waals surface area contributed by atoms with E-state index in [0.29, 0.717) is 12.8 Å². The molecule has 0 spiro atoms. The van der Waals surface area contributed by atoms with Crippen LogP contribution in [0, 0.1) is 0 Å². The minimum absolute atomic E-state index is 0.116. The average molecular weight is 1040 g/mol. The molecule has 1 aliphatic rings. The maximum atomic E-state index is 13.4. The number of nitrogens with one attached hydrogen (secondary N) is 1. The summed E-state index contributed by atoms with van der Waals surface area (Å²) in [5, 5.41) is 56.8. The minimum Gasteiger partial charge on any atom is -0.454 e. The summed E-state index contributed by atoms with van der Waals surface area (Å²) in [6.45, 7) is 5.61. The van der Waals surface area contributed by atoms with Crippen LogP contribution in [0.3, 0.4) is 0 Å². The molecule has 0 radical (unpaired) electrons. The highest BCUT2D eigenvalue weighted by atomic mass is 16.7. The van der Waals surface area contributed by atoms with Crippen LogP contribution >= 0.6 is 0 Å². The lowest BCUT2D eigenvalue weighted by Crippen LogP contribution is -2.61. The predicted octanol–water partition coefficient (Wildman–Crippen LogP) is 14.0. The van der Waals surface area contributed by atoms with E-state index in [2.05, 4.69) is 62.5 Å². The van der Waals surface area contributed by atoms with E-state index in [1.807, 2.05) is 30.4 Å². The lowest BCUT2D eigenvalue weighted by atomic mass is 9.99. The Kier molecular flexibility index (Phi) is 47.5. The fraction of sp³-hybridized carbons (Fsp3) is 0.778. The number of amides is 1. The number of aliphatic hydroxyl groups excluding tert-OH is 5. The number of allylic oxidation sites excluding steroid dienone is 11. The number of unbranched alkanes of at least 4 members (excludes halogenated alkanes) is 28. The van der Waals surface area contributed by atoms with E-state index >= 15 is 0 Å². The summed E-state index contributed by atoms with van der Waals surface area (Å²) in [6.07, 6.45) is 53.7. The monoisotopic (exact) mass is 1040 g/mol. The average Bonchev–Trinajstić information content (AvgIpc) is 3.40. The van der Waals surface area contributed by atoms with E-state index in [1.54, 1.807) is 6.08 Å². The molecule has 1 fully saturated rings. The molecule has 1 heterocycles. The maximum absolute atomic E-state index is 13.4. The molecule has 0 aromatic rings. The van der Waals surface area contributed by atoms with E-state index in [0.717, 1.165) is 77.0 Å². The number of hydrogen-bond donors (Lipinski definition) is 6. The van der Waals surface area contributed by atoms with E-state index in [9.17, 15) is 35.1 Å². The molecule has 8 atom stereocenters. The molecule has 0 bridgehead atoms. The van der Waals surface area contributed by atoms with Gasteiger partial charge in [0.25, 0.3) is 0 Å². The van der Waals surface area contributed by atoms with Crippen molar-refractivity contribution in [2.24, 2.45) is 0 Å². The summed E-state index contributed by atoms with van der Waals surface area (Å²) in [7, 11) is 0. The molecule has 1 aliphatic heterocycles. The Balaban J connectivity index is 2.66. The van der Waals surface area contributed by atoms with Crippen molar-refractivity contribution in [3.05, 3.63) is 72.9 Å². The highest BCUT2D eigenvalue weighted by Gasteiger charge is 2.47. The highest BCUT2D eigenvalue weighted by Crippen LogP contribution is 2.26. The van der Waals surface area contributed by atoms with Gasteiger partial charge in [-0.3, -0.25) is 9.59 Å². The van der Waals surface area contributed by atoms with E-state index in [-0.39, 0.29) is 19.4 Å². The second kappa shape index (κ2) is 50.9. The van der Waals surface area contributed by atoms with Crippen LogP contribution in [-0.2, 0) is 23.8 Å². The van der Waals surface area contributed by atoms with Gasteiger partial charge in [-0.05, 0) is 77.0 Å². The number of rotatable bonds is 50. The quantitative estimate of drug-likeness (QED) is 0.0149. The van der Waals surface area contributed by atoms with Crippen LogP contribution in [-0.4, -0.2) is 99.6 Å². The summed E-state index contributed by atoms with van der Waals surface area (Å²) in [5.74, 6) is -1.22. The third-order valence-corrected chi connectivity index (χ3v) is 13.9. The van der Waals surface area contributed by atoms with Crippen LogP contribution in [0.25, 0.3) is 0 Å². The molecular formula is C63H111NO10. The first-order valence-corrected chi connectivity index (χ1v) is 30.2. The van der Waals surface area contributed by atoms with E-state index < -0.39 is 67.4 Å². The van der Waals surface area contributed by atoms with Crippen LogP contribution in [0.4, 0.5) is 0 Å². The molecule has 8 unspecified atom stereocenters. The third-order valence-electron chi connectivity index (χ3n) is 13.9. The summed E-state index contributed by atoms with van der Waals surface area (Å²) in [6, 6.07) is -1.04. The van der Waals surface area contributed by atoms with Gasteiger partial charge in [-0.25, -0.2) is 0 Å². The molecule has 1 rings (SSSR count). The lowest BCUT2D eigenvalue weighted by Gasteiger charge is -2.41. The molecule has 0 saturated carbocycles. The number of carbonyl (C=O) groups excluding carboxylic acids is 2. The van der Waals surface area contributed by atoms with Crippen molar-refractivity contribution in [1.82, 2.24) is 5.32 Å². The Morgan fingerprint density at radius 2 is 1.03 bits per heavy atom. The largest absolute Gasteiger partial charge is 0.454 e. The van der Waals surface area contributed by atoms with Crippen LogP contribution < -0.4 is 5.32 Å². The second-order valence-corrected chi connectivity index (χ2v) is 20.8. The van der Waals surface area contributed by atoms with Crippen molar-refractivity contribution >= 4 is 11.9 Å². The van der Waals surface area contributed by atoms with Crippen LogP contribution in [0.5, 0.6) is 0 Å². The van der Waals surface area contributed by atoms with E-state index in [1.165, 1.54) is 128 Å². The van der Waals surface area contributed by atoms with Gasteiger partial charge in [0.15, 0.2) is 12.4 Å². The Hall–Kier alpha value is -2.90. The summed E-state index contributed by atoms with van der Waals surface area (Å²) >= 11 is 0. The van der Waals surface area contributed by atoms with Crippen LogP contribution in [0.2, 0.25) is 0 Å². The minimum atomic E-state index is -1.62. The van der Waals surface area contributed by atoms with Crippen molar-refractivity contribution in [2.75, 3.05) is 13.2 Å². The molecule has 428 valence electrons. The molecule has 11 nitrogen and oxygen atoms in total. The molecule has 1 saturated heterocycles. The molecule has 0 aliphatic carbocycles. The topological polar surface area (TPSA) is 175 Å². The Bertz CT molecular complexity index is 1480. The zero-order valence-electron chi connectivity index (χ0n) is 47.2. The van der Waals surface area contributed by atoms with Gasteiger partial charge in [0.05, 0.1) is 25.4 Å². The van der Waals surface area contributed by atoms with E-state index in [4.69, 9.17) is 14.2 Å². The Morgan fingerprint density at radius 1 is 0.554 bits per heavy atom. The SMILES string of the molecule is CC/C=C/C=C/C=C\CCCCCCC(O)C(=O)NC(COC1OC(CO)C(O)C(O)C1OC(=O)CCCCCCCCCCCCC/C=C\C/C=C\CCCCC)C(O)/C=C/CCCCCCCCCCCC. The predicted molar refractivity (Wildman–Crippen MR) is 306 cm³/mol. The third kappa shape index (κ3) is 38.6. The first-order valence-electron chi connectivity index (χ1n) is 30.2. The fourth-order valence-corrected chi connectivity index (χ4v) is 9.09. The Morgan fingerprint density at radius 3 is 1.58 bits per heavy atom. The molecule has 1 amide bonds. The highest BCUT2D eigenvalue weighted by molar-refractivity contribution is 5.80. The van der Waals surface area contributed by atoms with Crippen molar-refractivity contribution in [2.45, 2.75) is 301 Å². The zero-order valence-corrected chi connectivity index (χ0v) is 47.2. The molecule has 11 heteroatoms. The van der Waals surface area contributed by atoms with Crippen molar-refractivity contribution in [1.29, 1.82) is 0 Å². The molecular weight excluding hydrogens is 931 g/mol. The number of carbonyl (C=O) groups is 2. The lowest BCUT2D eigenvalue weighted by molar-refractivity contribution is -0.305. The van der Waals surface area contributed by atoms with Crippen molar-refractivity contribution in [3.63, 3.8) is 0 Å². The first kappa shape index (κ1) is 69.1. The standard InChI is InChI=1S/C63H111NO10/c1-4-7-10-13-16-19-22-25-26-27-28-29-30-31-32-33-36-39-42-45-48-51-58(68)74-61-60(70)59(69)57(52-65)73-63(61)72-53-54(55(66)49-46-43-40-37-34-23-20-17-14-11-8-5-2)64-62(71)56(67)50-47-44-41-38-35-24-21-18-15-12-9-6-3/h9,12,15-16,18-19,21,24-26,46,49,54-57,59-61,63,65-67,69-70H,4-8,10-11,13-14,17,20,22-23,27-45,47-48,50-53H2,1-3H3,(H,64,71)/b12-9+,18-15+,19-16-,24-21-,26-25-,49-46+. The normalized spacial score (nSPS) is 19.8. The van der Waals surface area contributed by atoms with Gasteiger partial charge in [0.2, 0.25) is 5.91 Å². The number of hydrogen-bond acceptors (Lipinski definition) is 10. The summed E-state index contributed by atoms with van der Waals surface area (Å²) in [4.78, 5) is 26.5. The van der Waals surface area contributed by atoms with Crippen molar-refractivity contribution < 1.29 is 49.3 Å². The van der Waals surface area contributed by atoms with Gasteiger partial charge in [0.1, 0.15) is 24.4 Å². The number of aliphatic hydroxyl groups is 5. The molecule has 6 N–H and O–H groups in total. The molecule has 0 aromatic heterocycles. The smallest absolute Gasteiger partial charge is 0.306 e. The van der Waals surface area contributed by atoms with Gasteiger partial charge >= 0.3 is 5.97 Å². The Labute approximate surface area is 451 Å². The second-order valence-electron chi connectivity index (χ2n) is 20.8. The van der Waals surface area contributed by atoms with Crippen LogP contribution in [0.15, 0.2) is 72.9 Å². The van der Waals surface area contributed by atoms with Gasteiger partial charge in [-0.1, -0.05) is 241 Å². The van der Waals surface area contributed by atoms with Crippen molar-refractivity contribution in [3.8, 4) is 0 Å². The maximum Gasteiger partial charge on any atom is 0.306 e. The van der Waals surface area contributed by atoms with Gasteiger partial charge in [-0.2, -0.15) is 0 Å². The number of esters is 1. The van der Waals surface area contributed by atoms with Gasteiger partial charge in [-0.15, -0.1) is 0 Å². The summed E-state index contributed by atoms with van der Waals surface area (Å²) in [5.41, 5.74) is 0.